The molecule has 0 spiro atoms. The summed E-state index contributed by atoms with van der Waals surface area (Å²) in [5, 5.41) is 0. The van der Waals surface area contributed by atoms with Crippen molar-refractivity contribution in [3.63, 3.8) is 0 Å². The maximum atomic E-state index is 12.9. The minimum atomic E-state index is -3.50. The molecule has 1 heterocycles. The number of nitrogens with zero attached hydrogens (tertiary/aromatic N) is 1. The van der Waals surface area contributed by atoms with Gasteiger partial charge in [0.25, 0.3) is 0 Å². The van der Waals surface area contributed by atoms with Crippen LogP contribution in [0.2, 0.25) is 0 Å². The van der Waals surface area contributed by atoms with Crippen molar-refractivity contribution in [3.05, 3.63) is 23.8 Å². The number of hydrogen-bond acceptors (Lipinski definition) is 4. The second-order valence-corrected chi connectivity index (χ2v) is 7.35. The molecular weight excluding hydrogens is 276 g/mol. The van der Waals surface area contributed by atoms with E-state index in [0.717, 1.165) is 19.3 Å². The second-order valence-electron chi connectivity index (χ2n) is 5.49. The zero-order valence-corrected chi connectivity index (χ0v) is 12.4. The minimum Gasteiger partial charge on any atom is -0.398 e. The van der Waals surface area contributed by atoms with Crippen molar-refractivity contribution in [2.45, 2.75) is 43.2 Å². The summed E-state index contributed by atoms with van der Waals surface area (Å²) in [7, 11) is -3.50. The van der Waals surface area contributed by atoms with Gasteiger partial charge in [0, 0.05) is 12.2 Å². The van der Waals surface area contributed by atoms with Gasteiger partial charge < -0.3 is 10.5 Å². The zero-order chi connectivity index (χ0) is 14.3. The molecule has 3 rings (SSSR count). The van der Waals surface area contributed by atoms with E-state index in [-0.39, 0.29) is 12.1 Å². The molecule has 1 saturated carbocycles. The van der Waals surface area contributed by atoms with E-state index in [2.05, 4.69) is 0 Å². The molecule has 5 nitrogen and oxygen atoms in total. The van der Waals surface area contributed by atoms with Gasteiger partial charge in [0.05, 0.1) is 23.6 Å². The van der Waals surface area contributed by atoms with E-state index in [1.807, 2.05) is 0 Å². The van der Waals surface area contributed by atoms with E-state index in [9.17, 15) is 8.42 Å². The molecule has 1 aliphatic carbocycles. The lowest BCUT2D eigenvalue weighted by molar-refractivity contribution is -0.0241. The normalized spacial score (nSPS) is 27.4. The molecule has 110 valence electrons. The Hall–Kier alpha value is -1.11. The lowest BCUT2D eigenvalue weighted by Gasteiger charge is -2.36. The fourth-order valence-corrected chi connectivity index (χ4v) is 5.15. The Kier molecular flexibility index (Phi) is 3.48. The summed E-state index contributed by atoms with van der Waals surface area (Å²) in [4.78, 5) is 0.324. The van der Waals surface area contributed by atoms with Gasteiger partial charge in [-0.1, -0.05) is 6.07 Å². The van der Waals surface area contributed by atoms with Crippen LogP contribution in [0, 0.1) is 6.92 Å². The number of hydrogen-bond donors (Lipinski definition) is 1. The summed E-state index contributed by atoms with van der Waals surface area (Å²) < 4.78 is 33.1. The Balaban J connectivity index is 2.01. The van der Waals surface area contributed by atoms with Gasteiger partial charge in [0.1, 0.15) is 0 Å². The fraction of sp³-hybridized carbons (Fsp3) is 0.571. The molecule has 1 aliphatic heterocycles. The molecule has 2 atom stereocenters. The van der Waals surface area contributed by atoms with Crippen molar-refractivity contribution in [1.29, 1.82) is 0 Å². The maximum Gasteiger partial charge on any atom is 0.243 e. The second kappa shape index (κ2) is 5.02. The number of nitrogens with two attached hydrogens (primary N) is 1. The van der Waals surface area contributed by atoms with Crippen molar-refractivity contribution < 1.29 is 13.2 Å². The van der Waals surface area contributed by atoms with Gasteiger partial charge >= 0.3 is 0 Å². The fourth-order valence-electron chi connectivity index (χ4n) is 3.23. The van der Waals surface area contributed by atoms with Gasteiger partial charge in [0.2, 0.25) is 10.0 Å². The van der Waals surface area contributed by atoms with Crippen LogP contribution in [-0.2, 0) is 14.8 Å². The van der Waals surface area contributed by atoms with E-state index in [1.165, 1.54) is 0 Å². The topological polar surface area (TPSA) is 72.6 Å². The van der Waals surface area contributed by atoms with E-state index in [1.54, 1.807) is 29.4 Å². The Morgan fingerprint density at radius 2 is 2.15 bits per heavy atom. The molecule has 1 aromatic rings. The molecule has 0 aromatic heterocycles. The SMILES string of the molecule is Cc1c(N)cccc1S(=O)(=O)N1CCOC2CCCC21. The first kappa shape index (κ1) is 13.9. The highest BCUT2D eigenvalue weighted by atomic mass is 32.2. The van der Waals surface area contributed by atoms with Crippen LogP contribution in [0.15, 0.2) is 23.1 Å². The van der Waals surface area contributed by atoms with Crippen molar-refractivity contribution in [2.24, 2.45) is 0 Å². The predicted molar refractivity (Wildman–Crippen MR) is 76.9 cm³/mol. The maximum absolute atomic E-state index is 12.9. The summed E-state index contributed by atoms with van der Waals surface area (Å²) in [6.45, 7) is 2.66. The number of anilines is 1. The number of ether oxygens (including phenoxy) is 1. The van der Waals surface area contributed by atoms with Crippen LogP contribution in [0.3, 0.4) is 0 Å². The molecule has 0 radical (unpaired) electrons. The molecule has 0 bridgehead atoms. The third kappa shape index (κ3) is 2.12. The predicted octanol–water partition coefficient (Wildman–Crippen LogP) is 1.52. The van der Waals surface area contributed by atoms with Crippen LogP contribution < -0.4 is 5.73 Å². The Morgan fingerprint density at radius 1 is 1.35 bits per heavy atom. The van der Waals surface area contributed by atoms with Crippen molar-refractivity contribution in [2.75, 3.05) is 18.9 Å². The van der Waals surface area contributed by atoms with Crippen LogP contribution in [-0.4, -0.2) is 38.0 Å². The highest BCUT2D eigenvalue weighted by Crippen LogP contribution is 2.34. The Labute approximate surface area is 119 Å². The average molecular weight is 296 g/mol. The standard InChI is InChI=1S/C14H20N2O3S/c1-10-11(15)4-2-7-14(10)20(17,18)16-8-9-19-13-6-3-5-12(13)16/h2,4,7,12-13H,3,5-6,8-9,15H2,1H3. The smallest absolute Gasteiger partial charge is 0.243 e. The zero-order valence-electron chi connectivity index (χ0n) is 11.6. The van der Waals surface area contributed by atoms with Crippen molar-refractivity contribution >= 4 is 15.7 Å². The van der Waals surface area contributed by atoms with Gasteiger partial charge in [-0.2, -0.15) is 4.31 Å². The number of morpholine rings is 1. The van der Waals surface area contributed by atoms with Gasteiger partial charge in [-0.25, -0.2) is 8.42 Å². The highest BCUT2D eigenvalue weighted by molar-refractivity contribution is 7.89. The molecule has 2 N–H and O–H groups in total. The summed E-state index contributed by atoms with van der Waals surface area (Å²) in [5.41, 5.74) is 6.99. The van der Waals surface area contributed by atoms with Crippen molar-refractivity contribution in [3.8, 4) is 0 Å². The number of benzene rings is 1. The molecule has 1 aromatic carbocycles. The van der Waals surface area contributed by atoms with E-state index >= 15 is 0 Å². The number of sulfonamides is 1. The van der Waals surface area contributed by atoms with Crippen LogP contribution in [0.4, 0.5) is 5.69 Å². The molecule has 0 amide bonds. The minimum absolute atomic E-state index is 0.0189. The number of nitrogen functional groups attached to an aromatic ring is 1. The lowest BCUT2D eigenvalue weighted by atomic mass is 10.2. The van der Waals surface area contributed by atoms with E-state index < -0.39 is 10.0 Å². The third-order valence-electron chi connectivity index (χ3n) is 4.34. The summed E-state index contributed by atoms with van der Waals surface area (Å²) in [6, 6.07) is 5.04. The number of fused-ring (bicyclic) bond motifs is 1. The molecule has 6 heteroatoms. The molecule has 2 fully saturated rings. The monoisotopic (exact) mass is 296 g/mol. The first-order valence-electron chi connectivity index (χ1n) is 7.00. The summed E-state index contributed by atoms with van der Waals surface area (Å²) >= 11 is 0. The lowest BCUT2D eigenvalue weighted by Crippen LogP contribution is -2.51. The van der Waals surface area contributed by atoms with Gasteiger partial charge in [-0.15, -0.1) is 0 Å². The molecule has 20 heavy (non-hydrogen) atoms. The first-order valence-corrected chi connectivity index (χ1v) is 8.44. The van der Waals surface area contributed by atoms with Crippen molar-refractivity contribution in [1.82, 2.24) is 4.31 Å². The molecule has 2 aliphatic rings. The van der Waals surface area contributed by atoms with E-state index in [4.69, 9.17) is 10.5 Å². The Morgan fingerprint density at radius 3 is 2.95 bits per heavy atom. The Bertz CT molecular complexity index is 615. The number of rotatable bonds is 2. The van der Waals surface area contributed by atoms with Gasteiger partial charge in [-0.05, 0) is 43.9 Å². The average Bonchev–Trinajstić information content (AvgIpc) is 2.89. The van der Waals surface area contributed by atoms with Crippen LogP contribution in [0.25, 0.3) is 0 Å². The largest absolute Gasteiger partial charge is 0.398 e. The quantitative estimate of drug-likeness (QED) is 0.840. The summed E-state index contributed by atoms with van der Waals surface area (Å²) in [6.07, 6.45) is 2.91. The van der Waals surface area contributed by atoms with Crippen LogP contribution in [0.5, 0.6) is 0 Å². The van der Waals surface area contributed by atoms with Crippen LogP contribution in [0.1, 0.15) is 24.8 Å². The van der Waals surface area contributed by atoms with Gasteiger partial charge in [-0.3, -0.25) is 0 Å². The van der Waals surface area contributed by atoms with E-state index in [0.29, 0.717) is 29.3 Å². The van der Waals surface area contributed by atoms with Gasteiger partial charge in [0.15, 0.2) is 0 Å². The first-order chi connectivity index (χ1) is 9.51. The third-order valence-corrected chi connectivity index (χ3v) is 6.41. The molecule has 2 unspecified atom stereocenters. The molecular formula is C14H20N2O3S. The summed E-state index contributed by atoms with van der Waals surface area (Å²) in [5.74, 6) is 0. The van der Waals surface area contributed by atoms with Crippen LogP contribution >= 0.6 is 0 Å². The highest BCUT2D eigenvalue weighted by Gasteiger charge is 2.42. The molecule has 1 saturated heterocycles.